The van der Waals surface area contributed by atoms with Crippen LogP contribution in [0, 0.1) is 5.92 Å². The predicted octanol–water partition coefficient (Wildman–Crippen LogP) is 2.52. The molecule has 7 heteroatoms. The number of carbonyl (C=O) groups excluding carboxylic acids is 3. The van der Waals surface area contributed by atoms with Crippen LogP contribution in [0.2, 0.25) is 0 Å². The molecule has 2 amide bonds. The summed E-state index contributed by atoms with van der Waals surface area (Å²) in [5.74, 6) is -1.24. The molecule has 0 spiro atoms. The molecule has 0 bridgehead atoms. The van der Waals surface area contributed by atoms with Gasteiger partial charge in [-0.2, -0.15) is 0 Å². The maximum Gasteiger partial charge on any atom is 0.417 e. The van der Waals surface area contributed by atoms with E-state index in [1.165, 1.54) is 6.08 Å². The average Bonchev–Trinajstić information content (AvgIpc) is 3.10. The highest BCUT2D eigenvalue weighted by Gasteiger charge is 2.44. The van der Waals surface area contributed by atoms with Crippen molar-refractivity contribution in [1.29, 1.82) is 0 Å². The topological polar surface area (TPSA) is 93.1 Å². The number of hydrogen-bond acceptors (Lipinski definition) is 6. The molecule has 0 aliphatic carbocycles. The van der Waals surface area contributed by atoms with Crippen molar-refractivity contribution in [2.45, 2.75) is 31.9 Å². The molecule has 2 aliphatic heterocycles. The molecule has 7 nitrogen and oxygen atoms in total. The lowest BCUT2D eigenvalue weighted by atomic mass is 9.96. The van der Waals surface area contributed by atoms with E-state index in [0.717, 1.165) is 10.5 Å². The minimum absolute atomic E-state index is 0.0582. The number of unbranched alkanes of at least 4 members (excludes halogenated alkanes) is 1. The molecule has 2 heterocycles. The van der Waals surface area contributed by atoms with Crippen molar-refractivity contribution < 1.29 is 29.0 Å². The van der Waals surface area contributed by atoms with Crippen LogP contribution < -0.4 is 0 Å². The van der Waals surface area contributed by atoms with Gasteiger partial charge < -0.3 is 14.6 Å². The maximum atomic E-state index is 13.1. The lowest BCUT2D eigenvalue weighted by molar-refractivity contribution is -0.142. The first-order valence-corrected chi connectivity index (χ1v) is 9.27. The first kappa shape index (κ1) is 19.8. The number of nitrogens with zero attached hydrogens (tertiary/aromatic N) is 1. The van der Waals surface area contributed by atoms with Crippen LogP contribution in [0.5, 0.6) is 0 Å². The number of benzene rings is 1. The highest BCUT2D eigenvalue weighted by molar-refractivity contribution is 6.01. The molecule has 2 aliphatic rings. The van der Waals surface area contributed by atoms with Gasteiger partial charge in [-0.25, -0.2) is 9.69 Å². The summed E-state index contributed by atoms with van der Waals surface area (Å²) in [5, 5.41) is 8.88. The number of amides is 2. The quantitative estimate of drug-likeness (QED) is 0.757. The summed E-state index contributed by atoms with van der Waals surface area (Å²) in [7, 11) is 0. The summed E-state index contributed by atoms with van der Waals surface area (Å²) in [4.78, 5) is 38.7. The number of imide groups is 1. The lowest BCUT2D eigenvalue weighted by Gasteiger charge is -2.29. The highest BCUT2D eigenvalue weighted by atomic mass is 16.6. The standard InChI is InChI=1S/C21H23NO6/c1-14(19-18(24)11-10-16(28-19)9-5-6-12-23)20(25)22-17(13-27-21(22)26)15-7-3-2-4-8-15/h2-4,7-11,14,17,19,23H,5-6,12-13H2,1H3/t14-,17+,19+/m1/s1. The average molecular weight is 385 g/mol. The van der Waals surface area contributed by atoms with Crippen LogP contribution in [0.15, 0.2) is 54.3 Å². The first-order valence-electron chi connectivity index (χ1n) is 9.27. The van der Waals surface area contributed by atoms with Gasteiger partial charge in [0, 0.05) is 6.61 Å². The van der Waals surface area contributed by atoms with E-state index >= 15 is 0 Å². The number of aliphatic hydroxyl groups is 1. The fourth-order valence-electron chi connectivity index (χ4n) is 3.24. The van der Waals surface area contributed by atoms with Crippen LogP contribution in [0.1, 0.15) is 31.4 Å². The van der Waals surface area contributed by atoms with E-state index < -0.39 is 30.1 Å². The number of aliphatic hydroxyl groups excluding tert-OH is 1. The summed E-state index contributed by atoms with van der Waals surface area (Å²) in [6, 6.07) is 8.62. The molecule has 0 saturated carbocycles. The van der Waals surface area contributed by atoms with Gasteiger partial charge in [-0.05, 0) is 43.6 Å². The molecule has 1 aromatic rings. The van der Waals surface area contributed by atoms with Crippen LogP contribution in [0.25, 0.3) is 0 Å². The monoisotopic (exact) mass is 385 g/mol. The first-order chi connectivity index (χ1) is 13.5. The van der Waals surface area contributed by atoms with Crippen molar-refractivity contribution in [2.75, 3.05) is 13.2 Å². The van der Waals surface area contributed by atoms with Crippen LogP contribution in [-0.2, 0) is 19.1 Å². The second kappa shape index (κ2) is 8.84. The van der Waals surface area contributed by atoms with E-state index in [1.807, 2.05) is 30.3 Å². The molecule has 0 radical (unpaired) electrons. The van der Waals surface area contributed by atoms with Gasteiger partial charge in [0.2, 0.25) is 5.91 Å². The summed E-state index contributed by atoms with van der Waals surface area (Å²) in [6.45, 7) is 1.71. The Morgan fingerprint density at radius 3 is 2.75 bits per heavy atom. The van der Waals surface area contributed by atoms with E-state index in [9.17, 15) is 14.4 Å². The van der Waals surface area contributed by atoms with Gasteiger partial charge in [0.05, 0.1) is 5.92 Å². The minimum atomic E-state index is -1.01. The maximum absolute atomic E-state index is 13.1. The van der Waals surface area contributed by atoms with Gasteiger partial charge in [0.1, 0.15) is 18.4 Å². The summed E-state index contributed by atoms with van der Waals surface area (Å²) in [5.41, 5.74) is 0.786. The molecule has 1 aromatic carbocycles. The smallest absolute Gasteiger partial charge is 0.417 e. The Labute approximate surface area is 163 Å². The van der Waals surface area contributed by atoms with Crippen LogP contribution in [0.4, 0.5) is 4.79 Å². The summed E-state index contributed by atoms with van der Waals surface area (Å²) in [6.07, 6.45) is 4.12. The Balaban J connectivity index is 1.77. The van der Waals surface area contributed by atoms with E-state index in [4.69, 9.17) is 14.6 Å². The van der Waals surface area contributed by atoms with E-state index in [0.29, 0.717) is 18.6 Å². The molecular formula is C21H23NO6. The van der Waals surface area contributed by atoms with Crippen molar-refractivity contribution in [1.82, 2.24) is 4.90 Å². The Hall–Kier alpha value is -2.93. The van der Waals surface area contributed by atoms with Crippen molar-refractivity contribution in [2.24, 2.45) is 5.92 Å². The summed E-state index contributed by atoms with van der Waals surface area (Å²) < 4.78 is 10.8. The Morgan fingerprint density at radius 1 is 1.29 bits per heavy atom. The van der Waals surface area contributed by atoms with Crippen molar-refractivity contribution in [3.8, 4) is 0 Å². The molecule has 148 valence electrons. The van der Waals surface area contributed by atoms with Gasteiger partial charge >= 0.3 is 6.09 Å². The fraction of sp³-hybridized carbons (Fsp3) is 0.381. The zero-order chi connectivity index (χ0) is 20.1. The van der Waals surface area contributed by atoms with Gasteiger partial charge in [-0.15, -0.1) is 0 Å². The molecular weight excluding hydrogens is 362 g/mol. The SMILES string of the molecule is C[C@@H](C(=O)N1C(=O)OC[C@H]1c1ccccc1)[C@@H]1OC(=CCCCO)C=CC1=O. The van der Waals surface area contributed by atoms with Gasteiger partial charge in [0.15, 0.2) is 11.9 Å². The molecule has 28 heavy (non-hydrogen) atoms. The van der Waals surface area contributed by atoms with Crippen LogP contribution in [-0.4, -0.2) is 47.1 Å². The van der Waals surface area contributed by atoms with Crippen LogP contribution >= 0.6 is 0 Å². The molecule has 1 fully saturated rings. The molecule has 1 N–H and O–H groups in total. The van der Waals surface area contributed by atoms with Crippen molar-refractivity contribution in [3.05, 3.63) is 59.9 Å². The number of allylic oxidation sites excluding steroid dienone is 2. The normalized spacial score (nSPS) is 24.2. The number of hydrogen-bond donors (Lipinski definition) is 1. The van der Waals surface area contributed by atoms with Crippen molar-refractivity contribution >= 4 is 17.8 Å². The highest BCUT2D eigenvalue weighted by Crippen LogP contribution is 2.31. The Bertz CT molecular complexity index is 800. The molecule has 0 unspecified atom stereocenters. The third-order valence-corrected chi connectivity index (χ3v) is 4.80. The fourth-order valence-corrected chi connectivity index (χ4v) is 3.24. The number of carbonyl (C=O) groups is 3. The van der Waals surface area contributed by atoms with E-state index in [-0.39, 0.29) is 19.0 Å². The van der Waals surface area contributed by atoms with E-state index in [1.54, 1.807) is 19.1 Å². The van der Waals surface area contributed by atoms with Gasteiger partial charge in [-0.1, -0.05) is 30.3 Å². The minimum Gasteiger partial charge on any atom is -0.482 e. The predicted molar refractivity (Wildman–Crippen MR) is 100.0 cm³/mol. The third kappa shape index (κ3) is 4.14. The second-order valence-electron chi connectivity index (χ2n) is 6.75. The summed E-state index contributed by atoms with van der Waals surface area (Å²) >= 11 is 0. The number of cyclic esters (lactones) is 1. The molecule has 0 aromatic heterocycles. The number of rotatable bonds is 6. The lowest BCUT2D eigenvalue weighted by Crippen LogP contribution is -2.45. The number of ketones is 1. The number of ether oxygens (including phenoxy) is 2. The Morgan fingerprint density at radius 2 is 2.04 bits per heavy atom. The molecule has 3 rings (SSSR count). The zero-order valence-corrected chi connectivity index (χ0v) is 15.6. The zero-order valence-electron chi connectivity index (χ0n) is 15.6. The van der Waals surface area contributed by atoms with Crippen LogP contribution in [0.3, 0.4) is 0 Å². The molecule has 1 saturated heterocycles. The largest absolute Gasteiger partial charge is 0.482 e. The van der Waals surface area contributed by atoms with Gasteiger partial charge in [-0.3, -0.25) is 9.59 Å². The van der Waals surface area contributed by atoms with Gasteiger partial charge in [0.25, 0.3) is 0 Å². The second-order valence-corrected chi connectivity index (χ2v) is 6.75. The van der Waals surface area contributed by atoms with Crippen molar-refractivity contribution in [3.63, 3.8) is 0 Å². The Kier molecular flexibility index (Phi) is 6.26. The van der Waals surface area contributed by atoms with E-state index in [2.05, 4.69) is 0 Å². The molecule has 3 atom stereocenters. The third-order valence-electron chi connectivity index (χ3n) is 4.80.